The zero-order valence-electron chi connectivity index (χ0n) is 18.3. The van der Waals surface area contributed by atoms with Crippen molar-refractivity contribution in [3.8, 4) is 0 Å². The number of hydrogen-bond donors (Lipinski definition) is 1. The second-order valence-corrected chi connectivity index (χ2v) is 10.6. The molecular weight excluding hydrogens is 368 g/mol. The van der Waals surface area contributed by atoms with Gasteiger partial charge >= 0.3 is 5.97 Å². The second kappa shape index (κ2) is 6.50. The van der Waals surface area contributed by atoms with E-state index in [2.05, 4.69) is 13.8 Å². The first-order chi connectivity index (χ1) is 13.5. The SMILES string of the molecule is CC(=O)O[C@]1(C(C)=O)CCC2C3C(O)CC4=CC(=O)C(C)C[C@]4(C)C3CCC21C. The Hall–Kier alpha value is -1.49. The number of aliphatic hydroxyl groups excluding tert-OH is 1. The molecule has 0 spiro atoms. The van der Waals surface area contributed by atoms with Crippen LogP contribution < -0.4 is 0 Å². The number of fused-ring (bicyclic) bond motifs is 5. The number of carbonyl (C=O) groups excluding carboxylic acids is 3. The lowest BCUT2D eigenvalue weighted by Gasteiger charge is -2.60. The standard InChI is InChI=1S/C24H34O5/c1-13-12-22(4)16(10-19(13)27)11-20(28)21-17(22)6-8-23(5)18(21)7-9-24(23,14(2)25)29-15(3)26/h10,13,17-18,20-21,28H,6-9,11-12H2,1-5H3/t13?,17?,18?,20?,21?,22-,23?,24-/m0/s1. The number of hydrogen-bond acceptors (Lipinski definition) is 5. The molecule has 29 heavy (non-hydrogen) atoms. The molecule has 4 aliphatic carbocycles. The van der Waals surface area contributed by atoms with Gasteiger partial charge in [0.15, 0.2) is 17.2 Å². The van der Waals surface area contributed by atoms with Gasteiger partial charge in [-0.2, -0.15) is 0 Å². The van der Waals surface area contributed by atoms with Gasteiger partial charge in [0.05, 0.1) is 6.10 Å². The van der Waals surface area contributed by atoms with Crippen molar-refractivity contribution in [2.45, 2.75) is 84.8 Å². The van der Waals surface area contributed by atoms with E-state index in [4.69, 9.17) is 4.74 Å². The van der Waals surface area contributed by atoms with Gasteiger partial charge in [-0.1, -0.05) is 26.3 Å². The smallest absolute Gasteiger partial charge is 0.303 e. The molecule has 0 aromatic carbocycles. The fraction of sp³-hybridized carbons (Fsp3) is 0.792. The van der Waals surface area contributed by atoms with E-state index in [1.165, 1.54) is 13.8 Å². The van der Waals surface area contributed by atoms with Gasteiger partial charge in [0.1, 0.15) is 0 Å². The molecule has 6 unspecified atom stereocenters. The molecule has 0 aliphatic heterocycles. The van der Waals surface area contributed by atoms with E-state index in [0.29, 0.717) is 12.8 Å². The number of ether oxygens (including phenoxy) is 1. The van der Waals surface area contributed by atoms with Crippen LogP contribution in [0.3, 0.4) is 0 Å². The van der Waals surface area contributed by atoms with Gasteiger partial charge in [0, 0.05) is 18.3 Å². The van der Waals surface area contributed by atoms with Crippen molar-refractivity contribution in [2.24, 2.45) is 34.5 Å². The molecule has 0 heterocycles. The summed E-state index contributed by atoms with van der Waals surface area (Å²) >= 11 is 0. The lowest BCUT2D eigenvalue weighted by molar-refractivity contribution is -0.192. The highest BCUT2D eigenvalue weighted by molar-refractivity contribution is 5.93. The van der Waals surface area contributed by atoms with Crippen molar-refractivity contribution < 1.29 is 24.2 Å². The van der Waals surface area contributed by atoms with Crippen LogP contribution in [0.25, 0.3) is 0 Å². The molecule has 0 bridgehead atoms. The molecule has 1 N–H and O–H groups in total. The van der Waals surface area contributed by atoms with Crippen LogP contribution in [0, 0.1) is 34.5 Å². The van der Waals surface area contributed by atoms with Crippen LogP contribution in [0.5, 0.6) is 0 Å². The normalized spacial score (nSPS) is 48.8. The fourth-order valence-corrected chi connectivity index (χ4v) is 7.93. The summed E-state index contributed by atoms with van der Waals surface area (Å²) in [6.07, 6.45) is 5.63. The molecule has 0 aromatic rings. The summed E-state index contributed by atoms with van der Waals surface area (Å²) in [6, 6.07) is 0. The molecule has 4 aliphatic rings. The largest absolute Gasteiger partial charge is 0.451 e. The predicted octanol–water partition coefficient (Wildman–Crippen LogP) is 3.63. The molecule has 4 rings (SSSR count). The van der Waals surface area contributed by atoms with Crippen molar-refractivity contribution in [3.63, 3.8) is 0 Å². The topological polar surface area (TPSA) is 80.7 Å². The summed E-state index contributed by atoms with van der Waals surface area (Å²) < 4.78 is 5.78. The summed E-state index contributed by atoms with van der Waals surface area (Å²) in [5.41, 5.74) is -0.517. The molecule has 0 aromatic heterocycles. The summed E-state index contributed by atoms with van der Waals surface area (Å²) in [5.74, 6) is 0.171. The highest BCUT2D eigenvalue weighted by Crippen LogP contribution is 2.68. The number of esters is 1. The van der Waals surface area contributed by atoms with Gasteiger partial charge in [-0.05, 0) is 74.7 Å². The molecule has 3 fully saturated rings. The Bertz CT molecular complexity index is 799. The van der Waals surface area contributed by atoms with E-state index in [-0.39, 0.29) is 40.7 Å². The number of rotatable bonds is 2. The minimum absolute atomic E-state index is 0.00823. The second-order valence-electron chi connectivity index (χ2n) is 10.6. The highest BCUT2D eigenvalue weighted by atomic mass is 16.6. The lowest BCUT2D eigenvalue weighted by Crippen LogP contribution is -2.61. The maximum atomic E-state index is 12.8. The third kappa shape index (κ3) is 2.65. The summed E-state index contributed by atoms with van der Waals surface area (Å²) in [4.78, 5) is 37.0. The van der Waals surface area contributed by atoms with Crippen molar-refractivity contribution in [2.75, 3.05) is 0 Å². The first kappa shape index (κ1) is 20.8. The van der Waals surface area contributed by atoms with Gasteiger partial charge in [-0.3, -0.25) is 14.4 Å². The Morgan fingerprint density at radius 3 is 2.41 bits per heavy atom. The molecule has 0 saturated heterocycles. The van der Waals surface area contributed by atoms with Crippen LogP contribution in [-0.4, -0.2) is 34.3 Å². The van der Waals surface area contributed by atoms with Crippen LogP contribution in [0.1, 0.15) is 73.1 Å². The van der Waals surface area contributed by atoms with Crippen LogP contribution in [0.15, 0.2) is 11.6 Å². The quantitative estimate of drug-likeness (QED) is 0.714. The molecule has 5 nitrogen and oxygen atoms in total. The maximum Gasteiger partial charge on any atom is 0.303 e. The first-order valence-electron chi connectivity index (χ1n) is 11.1. The van der Waals surface area contributed by atoms with Crippen LogP contribution in [0.2, 0.25) is 0 Å². The van der Waals surface area contributed by atoms with Crippen molar-refractivity contribution in [3.05, 3.63) is 11.6 Å². The Labute approximate surface area is 173 Å². The summed E-state index contributed by atoms with van der Waals surface area (Å²) in [7, 11) is 0. The first-order valence-corrected chi connectivity index (χ1v) is 11.1. The van der Waals surface area contributed by atoms with Crippen LogP contribution in [-0.2, 0) is 19.1 Å². The maximum absolute atomic E-state index is 12.8. The summed E-state index contributed by atoms with van der Waals surface area (Å²) in [5, 5.41) is 11.2. The minimum Gasteiger partial charge on any atom is -0.451 e. The molecule has 160 valence electrons. The van der Waals surface area contributed by atoms with Gasteiger partial charge in [-0.15, -0.1) is 0 Å². The average Bonchev–Trinajstić information content (AvgIpc) is 2.91. The van der Waals surface area contributed by atoms with E-state index in [9.17, 15) is 19.5 Å². The summed E-state index contributed by atoms with van der Waals surface area (Å²) in [6.45, 7) is 9.29. The van der Waals surface area contributed by atoms with E-state index in [1.54, 1.807) is 6.08 Å². The molecular formula is C24H34O5. The van der Waals surface area contributed by atoms with Gasteiger partial charge < -0.3 is 9.84 Å². The van der Waals surface area contributed by atoms with E-state index >= 15 is 0 Å². The van der Waals surface area contributed by atoms with Gasteiger partial charge in [-0.25, -0.2) is 0 Å². The molecule has 5 heteroatoms. The predicted molar refractivity (Wildman–Crippen MR) is 108 cm³/mol. The number of aliphatic hydroxyl groups is 1. The zero-order valence-corrected chi connectivity index (χ0v) is 18.3. The van der Waals surface area contributed by atoms with E-state index < -0.39 is 23.1 Å². The van der Waals surface area contributed by atoms with Crippen molar-refractivity contribution in [1.29, 1.82) is 0 Å². The molecule has 0 radical (unpaired) electrons. The Kier molecular flexibility index (Phi) is 4.66. The van der Waals surface area contributed by atoms with Gasteiger partial charge in [0.2, 0.25) is 0 Å². The Morgan fingerprint density at radius 1 is 1.14 bits per heavy atom. The van der Waals surface area contributed by atoms with Crippen LogP contribution in [0.4, 0.5) is 0 Å². The monoisotopic (exact) mass is 402 g/mol. The Balaban J connectivity index is 1.75. The Morgan fingerprint density at radius 2 is 1.79 bits per heavy atom. The number of carbonyl (C=O) groups is 3. The molecule has 3 saturated carbocycles. The van der Waals surface area contributed by atoms with E-state index in [1.807, 2.05) is 6.92 Å². The average molecular weight is 403 g/mol. The van der Waals surface area contributed by atoms with E-state index in [0.717, 1.165) is 31.3 Å². The zero-order chi connectivity index (χ0) is 21.4. The lowest BCUT2D eigenvalue weighted by atomic mass is 9.45. The molecule has 0 amide bonds. The third-order valence-corrected chi connectivity index (χ3v) is 9.30. The van der Waals surface area contributed by atoms with Crippen molar-refractivity contribution >= 4 is 17.5 Å². The fourth-order valence-electron chi connectivity index (χ4n) is 7.93. The van der Waals surface area contributed by atoms with Crippen molar-refractivity contribution in [1.82, 2.24) is 0 Å². The third-order valence-electron chi connectivity index (χ3n) is 9.30. The van der Waals surface area contributed by atoms with Crippen LogP contribution >= 0.6 is 0 Å². The number of ketones is 2. The minimum atomic E-state index is -1.08. The van der Waals surface area contributed by atoms with Gasteiger partial charge in [0.25, 0.3) is 0 Å². The molecule has 8 atom stereocenters. The highest BCUT2D eigenvalue weighted by Gasteiger charge is 2.69. The number of Topliss-reactive ketones (excluding diaryl/α,β-unsaturated/α-hetero) is 1.